The van der Waals surface area contributed by atoms with E-state index in [4.69, 9.17) is 0 Å². The minimum Gasteiger partial charge on any atom is -0.353 e. The number of hydrogen-bond donors (Lipinski definition) is 1. The van der Waals surface area contributed by atoms with Crippen molar-refractivity contribution >= 4 is 5.82 Å². The molecule has 3 heteroatoms. The van der Waals surface area contributed by atoms with Crippen molar-refractivity contribution in [3.05, 3.63) is 36.0 Å². The molecule has 1 aromatic rings. The summed E-state index contributed by atoms with van der Waals surface area (Å²) in [4.78, 5) is 6.79. The highest BCUT2D eigenvalue weighted by atomic mass is 15.2. The summed E-state index contributed by atoms with van der Waals surface area (Å²) in [6, 6.07) is 4.28. The average molecular weight is 245 g/mol. The fraction of sp³-hybridized carbons (Fsp3) is 0.533. The van der Waals surface area contributed by atoms with Crippen LogP contribution < -0.4 is 10.2 Å². The minimum atomic E-state index is 0.150. The van der Waals surface area contributed by atoms with E-state index < -0.39 is 0 Å². The lowest BCUT2D eigenvalue weighted by Crippen LogP contribution is -2.35. The highest BCUT2D eigenvalue weighted by Crippen LogP contribution is 2.16. The molecule has 0 aromatic carbocycles. The van der Waals surface area contributed by atoms with Gasteiger partial charge in [0, 0.05) is 31.4 Å². The molecule has 0 radical (unpaired) electrons. The van der Waals surface area contributed by atoms with Crippen molar-refractivity contribution in [3.8, 4) is 0 Å². The second-order valence-electron chi connectivity index (χ2n) is 5.83. The zero-order valence-corrected chi connectivity index (χ0v) is 11.6. The van der Waals surface area contributed by atoms with Crippen LogP contribution in [-0.4, -0.2) is 23.6 Å². The van der Waals surface area contributed by atoms with Gasteiger partial charge in [0.15, 0.2) is 0 Å². The van der Waals surface area contributed by atoms with Crippen LogP contribution >= 0.6 is 0 Å². The van der Waals surface area contributed by atoms with E-state index in [0.717, 1.165) is 31.9 Å². The van der Waals surface area contributed by atoms with Crippen molar-refractivity contribution in [1.29, 1.82) is 0 Å². The van der Waals surface area contributed by atoms with Gasteiger partial charge in [-0.1, -0.05) is 12.2 Å². The lowest BCUT2D eigenvalue weighted by atomic mass is 10.1. The lowest BCUT2D eigenvalue weighted by Gasteiger charge is -2.25. The lowest BCUT2D eigenvalue weighted by molar-refractivity contribution is 0.424. The summed E-state index contributed by atoms with van der Waals surface area (Å²) in [5, 5.41) is 3.51. The van der Waals surface area contributed by atoms with Crippen molar-refractivity contribution < 1.29 is 0 Å². The molecule has 1 aliphatic rings. The second-order valence-corrected chi connectivity index (χ2v) is 5.83. The van der Waals surface area contributed by atoms with E-state index in [1.165, 1.54) is 5.56 Å². The predicted molar refractivity (Wildman–Crippen MR) is 76.8 cm³/mol. The Labute approximate surface area is 110 Å². The monoisotopic (exact) mass is 245 g/mol. The van der Waals surface area contributed by atoms with Gasteiger partial charge in [-0.15, -0.1) is 0 Å². The number of nitrogens with zero attached hydrogens (tertiary/aromatic N) is 2. The quantitative estimate of drug-likeness (QED) is 0.830. The molecule has 18 heavy (non-hydrogen) atoms. The number of nitrogens with one attached hydrogen (secondary N) is 1. The Kier molecular flexibility index (Phi) is 4.02. The molecule has 0 spiro atoms. The maximum absolute atomic E-state index is 4.47. The normalized spacial score (nSPS) is 16.1. The molecule has 0 saturated heterocycles. The van der Waals surface area contributed by atoms with Crippen molar-refractivity contribution in [2.75, 3.05) is 18.0 Å². The van der Waals surface area contributed by atoms with E-state index in [1.54, 1.807) is 0 Å². The number of pyridine rings is 1. The van der Waals surface area contributed by atoms with Gasteiger partial charge in [-0.2, -0.15) is 0 Å². The largest absolute Gasteiger partial charge is 0.353 e. The Morgan fingerprint density at radius 1 is 1.33 bits per heavy atom. The first-order chi connectivity index (χ1) is 8.54. The Bertz CT molecular complexity index is 418. The third-order valence-electron chi connectivity index (χ3n) is 3.01. The highest BCUT2D eigenvalue weighted by Gasteiger charge is 2.11. The van der Waals surface area contributed by atoms with Gasteiger partial charge in [-0.25, -0.2) is 4.98 Å². The van der Waals surface area contributed by atoms with Gasteiger partial charge in [-0.3, -0.25) is 0 Å². The molecule has 2 heterocycles. The summed E-state index contributed by atoms with van der Waals surface area (Å²) in [5.41, 5.74) is 1.45. The van der Waals surface area contributed by atoms with Crippen molar-refractivity contribution in [2.45, 2.75) is 39.3 Å². The Balaban J connectivity index is 2.03. The van der Waals surface area contributed by atoms with E-state index in [9.17, 15) is 0 Å². The minimum absolute atomic E-state index is 0.150. The van der Waals surface area contributed by atoms with E-state index in [-0.39, 0.29) is 5.54 Å². The molecular formula is C15H23N3. The van der Waals surface area contributed by atoms with E-state index >= 15 is 0 Å². The number of hydrogen-bond acceptors (Lipinski definition) is 3. The fourth-order valence-corrected chi connectivity index (χ4v) is 1.96. The van der Waals surface area contributed by atoms with Gasteiger partial charge in [-0.05, 0) is 44.9 Å². The van der Waals surface area contributed by atoms with Crippen molar-refractivity contribution in [3.63, 3.8) is 0 Å². The summed E-state index contributed by atoms with van der Waals surface area (Å²) in [7, 11) is 0. The molecular weight excluding hydrogens is 222 g/mol. The van der Waals surface area contributed by atoms with Crippen LogP contribution in [0.1, 0.15) is 32.8 Å². The molecule has 3 nitrogen and oxygen atoms in total. The molecule has 0 unspecified atom stereocenters. The molecule has 1 N–H and O–H groups in total. The molecule has 1 aromatic heterocycles. The van der Waals surface area contributed by atoms with Crippen LogP contribution in [0.2, 0.25) is 0 Å². The van der Waals surface area contributed by atoms with Crippen LogP contribution in [0.4, 0.5) is 5.82 Å². The Morgan fingerprint density at radius 3 is 2.83 bits per heavy atom. The van der Waals surface area contributed by atoms with Crippen molar-refractivity contribution in [2.24, 2.45) is 0 Å². The third kappa shape index (κ3) is 3.84. The first-order valence-corrected chi connectivity index (χ1v) is 6.64. The molecule has 0 atom stereocenters. The summed E-state index contributed by atoms with van der Waals surface area (Å²) >= 11 is 0. The van der Waals surface area contributed by atoms with Gasteiger partial charge < -0.3 is 10.2 Å². The SMILES string of the molecule is CC(C)(C)NCc1ccnc(N2CC=CCC2)c1. The first kappa shape index (κ1) is 13.1. The van der Waals surface area contributed by atoms with Crippen LogP contribution in [0.15, 0.2) is 30.5 Å². The average Bonchev–Trinajstić information content (AvgIpc) is 2.37. The van der Waals surface area contributed by atoms with Crippen molar-refractivity contribution in [1.82, 2.24) is 10.3 Å². The second kappa shape index (κ2) is 5.53. The standard InChI is InChI=1S/C15H23N3/c1-15(2,3)17-12-13-7-8-16-14(11-13)18-9-5-4-6-10-18/h4-5,7-8,11,17H,6,9-10,12H2,1-3H3. The molecule has 0 bridgehead atoms. The van der Waals surface area contributed by atoms with Crippen LogP contribution in [0.3, 0.4) is 0 Å². The van der Waals surface area contributed by atoms with Crippen LogP contribution in [0.5, 0.6) is 0 Å². The molecule has 98 valence electrons. The molecule has 1 aliphatic heterocycles. The zero-order chi connectivity index (χ0) is 13.0. The molecule has 0 amide bonds. The molecule has 0 fully saturated rings. The van der Waals surface area contributed by atoms with Crippen LogP contribution in [0, 0.1) is 0 Å². The predicted octanol–water partition coefficient (Wildman–Crippen LogP) is 2.74. The van der Waals surface area contributed by atoms with Gasteiger partial charge in [0.2, 0.25) is 0 Å². The van der Waals surface area contributed by atoms with Crippen LogP contribution in [-0.2, 0) is 6.54 Å². The van der Waals surface area contributed by atoms with Gasteiger partial charge in [0.1, 0.15) is 5.82 Å². The Morgan fingerprint density at radius 2 is 2.17 bits per heavy atom. The van der Waals surface area contributed by atoms with E-state index in [0.29, 0.717) is 0 Å². The summed E-state index contributed by atoms with van der Waals surface area (Å²) in [6.45, 7) is 9.49. The van der Waals surface area contributed by atoms with Gasteiger partial charge in [0.05, 0.1) is 0 Å². The smallest absolute Gasteiger partial charge is 0.129 e. The maximum Gasteiger partial charge on any atom is 0.129 e. The number of aromatic nitrogens is 1. The third-order valence-corrected chi connectivity index (χ3v) is 3.01. The maximum atomic E-state index is 4.47. The van der Waals surface area contributed by atoms with E-state index in [1.807, 2.05) is 6.20 Å². The molecule has 2 rings (SSSR count). The van der Waals surface area contributed by atoms with Gasteiger partial charge >= 0.3 is 0 Å². The summed E-state index contributed by atoms with van der Waals surface area (Å²) < 4.78 is 0. The summed E-state index contributed by atoms with van der Waals surface area (Å²) in [6.07, 6.45) is 7.48. The van der Waals surface area contributed by atoms with Gasteiger partial charge in [0.25, 0.3) is 0 Å². The van der Waals surface area contributed by atoms with Crippen LogP contribution in [0.25, 0.3) is 0 Å². The highest BCUT2D eigenvalue weighted by molar-refractivity contribution is 5.42. The van der Waals surface area contributed by atoms with E-state index in [2.05, 4.69) is 60.3 Å². The topological polar surface area (TPSA) is 28.2 Å². The zero-order valence-electron chi connectivity index (χ0n) is 11.6. The number of rotatable bonds is 3. The fourth-order valence-electron chi connectivity index (χ4n) is 1.96. The Hall–Kier alpha value is -1.35. The molecule has 0 saturated carbocycles. The molecule has 0 aliphatic carbocycles. The first-order valence-electron chi connectivity index (χ1n) is 6.64. The summed E-state index contributed by atoms with van der Waals surface area (Å²) in [5.74, 6) is 1.09. The number of anilines is 1.